The molecule has 0 fully saturated rings. The van der Waals surface area contributed by atoms with Crippen LogP contribution in [0.15, 0.2) is 115 Å². The quantitative estimate of drug-likeness (QED) is 0.228. The highest BCUT2D eigenvalue weighted by Crippen LogP contribution is 2.40. The summed E-state index contributed by atoms with van der Waals surface area (Å²) in [6, 6.07) is 41.0. The fraction of sp³-hybridized carbons (Fsp3) is 0.0286. The van der Waals surface area contributed by atoms with Crippen molar-refractivity contribution in [2.24, 2.45) is 0 Å². The van der Waals surface area contributed by atoms with E-state index in [4.69, 9.17) is 15.0 Å². The summed E-state index contributed by atoms with van der Waals surface area (Å²) in [6.45, 7) is 2.13. The van der Waals surface area contributed by atoms with Gasteiger partial charge in [0.15, 0.2) is 17.5 Å². The van der Waals surface area contributed by atoms with Crippen LogP contribution in [0.5, 0.6) is 0 Å². The van der Waals surface area contributed by atoms with Crippen LogP contribution >= 0.6 is 11.3 Å². The van der Waals surface area contributed by atoms with Crippen molar-refractivity contribution in [2.45, 2.75) is 6.92 Å². The highest BCUT2D eigenvalue weighted by Gasteiger charge is 2.17. The molecule has 40 heavy (non-hydrogen) atoms. The zero-order chi connectivity index (χ0) is 27.1. The Kier molecular flexibility index (Phi) is 5.88. The first-order valence-electron chi connectivity index (χ1n) is 13.0. The zero-order valence-electron chi connectivity index (χ0n) is 21.7. The van der Waals surface area contributed by atoms with E-state index >= 15 is 0 Å². The van der Waals surface area contributed by atoms with E-state index < -0.39 is 0 Å². The lowest BCUT2D eigenvalue weighted by Gasteiger charge is -2.10. The molecule has 0 N–H and O–H groups in total. The molecule has 0 unspecified atom stereocenters. The van der Waals surface area contributed by atoms with E-state index in [0.29, 0.717) is 23.0 Å². The summed E-state index contributed by atoms with van der Waals surface area (Å²) in [6.07, 6.45) is 0. The molecule has 0 saturated carbocycles. The van der Waals surface area contributed by atoms with Crippen LogP contribution in [0.3, 0.4) is 0 Å². The predicted octanol–water partition coefficient (Wildman–Crippen LogP) is 9.09. The summed E-state index contributed by atoms with van der Waals surface area (Å²) in [4.78, 5) is 14.9. The van der Waals surface area contributed by atoms with Gasteiger partial charge in [0.25, 0.3) is 0 Å². The highest BCUT2D eigenvalue weighted by molar-refractivity contribution is 7.25. The summed E-state index contributed by atoms with van der Waals surface area (Å²) < 4.78 is 2.46. The van der Waals surface area contributed by atoms with E-state index in [2.05, 4.69) is 49.4 Å². The van der Waals surface area contributed by atoms with Gasteiger partial charge in [-0.25, -0.2) is 15.0 Å². The molecule has 0 spiro atoms. The average Bonchev–Trinajstić information content (AvgIpc) is 3.39. The number of rotatable bonds is 4. The first-order valence-corrected chi connectivity index (χ1v) is 13.8. The molecule has 188 valence electrons. The lowest BCUT2D eigenvalue weighted by atomic mass is 10.0. The zero-order valence-corrected chi connectivity index (χ0v) is 22.5. The van der Waals surface area contributed by atoms with Crippen LogP contribution in [-0.2, 0) is 0 Å². The van der Waals surface area contributed by atoms with Gasteiger partial charge >= 0.3 is 0 Å². The summed E-state index contributed by atoms with van der Waals surface area (Å²) >= 11 is 1.79. The van der Waals surface area contributed by atoms with Gasteiger partial charge in [-0.05, 0) is 48.4 Å². The monoisotopic (exact) mass is 530 g/mol. The van der Waals surface area contributed by atoms with Gasteiger partial charge in [-0.1, -0.05) is 90.5 Å². The molecule has 0 saturated heterocycles. The van der Waals surface area contributed by atoms with Crippen molar-refractivity contribution >= 4 is 31.5 Å². The Bertz CT molecular complexity index is 2070. The molecule has 4 nitrogen and oxygen atoms in total. The van der Waals surface area contributed by atoms with Gasteiger partial charge < -0.3 is 0 Å². The number of nitriles is 1. The third-order valence-electron chi connectivity index (χ3n) is 7.03. The van der Waals surface area contributed by atoms with Crippen molar-refractivity contribution in [1.82, 2.24) is 15.0 Å². The summed E-state index contributed by atoms with van der Waals surface area (Å²) in [5.41, 5.74) is 6.74. The molecule has 0 bridgehead atoms. The number of fused-ring (bicyclic) bond motifs is 3. The van der Waals surface area contributed by atoms with E-state index in [1.54, 1.807) is 11.3 Å². The maximum atomic E-state index is 9.29. The highest BCUT2D eigenvalue weighted by atomic mass is 32.1. The molecule has 0 aliphatic heterocycles. The van der Waals surface area contributed by atoms with Crippen LogP contribution in [0.4, 0.5) is 0 Å². The number of aryl methyl sites for hydroxylation is 1. The fourth-order valence-corrected chi connectivity index (χ4v) is 6.16. The third kappa shape index (κ3) is 4.31. The van der Waals surface area contributed by atoms with Gasteiger partial charge in [-0.2, -0.15) is 5.26 Å². The summed E-state index contributed by atoms with van der Waals surface area (Å²) in [5, 5.41) is 11.7. The molecule has 5 heteroatoms. The molecule has 0 aliphatic carbocycles. The minimum Gasteiger partial charge on any atom is -0.208 e. The number of hydrogen-bond acceptors (Lipinski definition) is 5. The smallest absolute Gasteiger partial charge is 0.164 e. The molecule has 5 aromatic carbocycles. The predicted molar refractivity (Wildman–Crippen MR) is 164 cm³/mol. The van der Waals surface area contributed by atoms with Gasteiger partial charge in [-0.15, -0.1) is 11.3 Å². The van der Waals surface area contributed by atoms with E-state index in [9.17, 15) is 5.26 Å². The minimum atomic E-state index is 0.619. The Balaban J connectivity index is 1.41. The van der Waals surface area contributed by atoms with E-state index in [0.717, 1.165) is 27.8 Å². The number of hydrogen-bond donors (Lipinski definition) is 0. The first kappa shape index (κ1) is 23.9. The van der Waals surface area contributed by atoms with Gasteiger partial charge in [-0.3, -0.25) is 0 Å². The number of benzene rings is 5. The topological polar surface area (TPSA) is 62.5 Å². The summed E-state index contributed by atoms with van der Waals surface area (Å²) in [7, 11) is 0. The first-order chi connectivity index (χ1) is 19.7. The maximum Gasteiger partial charge on any atom is 0.164 e. The molecule has 0 aliphatic rings. The van der Waals surface area contributed by atoms with Crippen LogP contribution in [0.1, 0.15) is 11.1 Å². The van der Waals surface area contributed by atoms with Crippen LogP contribution in [-0.4, -0.2) is 15.0 Å². The number of thiophene rings is 1. The van der Waals surface area contributed by atoms with Gasteiger partial charge in [0.1, 0.15) is 0 Å². The van der Waals surface area contributed by atoms with Gasteiger partial charge in [0, 0.05) is 36.9 Å². The average molecular weight is 531 g/mol. The molecule has 7 aromatic rings. The Labute approximate surface area is 235 Å². The van der Waals surface area contributed by atoms with Crippen molar-refractivity contribution in [3.63, 3.8) is 0 Å². The summed E-state index contributed by atoms with van der Waals surface area (Å²) in [5.74, 6) is 1.91. The molecule has 2 heterocycles. The lowest BCUT2D eigenvalue weighted by Crippen LogP contribution is -2.00. The van der Waals surface area contributed by atoms with Crippen LogP contribution in [0, 0.1) is 18.3 Å². The van der Waals surface area contributed by atoms with Crippen molar-refractivity contribution in [3.8, 4) is 51.4 Å². The largest absolute Gasteiger partial charge is 0.208 e. The maximum absolute atomic E-state index is 9.29. The molecule has 0 radical (unpaired) electrons. The normalized spacial score (nSPS) is 11.1. The van der Waals surface area contributed by atoms with E-state index in [-0.39, 0.29) is 0 Å². The Morgan fingerprint density at radius 1 is 0.575 bits per heavy atom. The second-order valence-electron chi connectivity index (χ2n) is 9.72. The fourth-order valence-electron chi connectivity index (χ4n) is 5.05. The molecule has 0 atom stereocenters. The SMILES string of the molecule is Cc1ccc2sc3cccc(-c4nc(-c5ccccc5)nc(-c5ccc(-c6cccc(C#N)c6)cc5)n4)c3c2c1. The van der Waals surface area contributed by atoms with Crippen LogP contribution < -0.4 is 0 Å². The number of nitrogens with zero attached hydrogens (tertiary/aromatic N) is 4. The van der Waals surface area contributed by atoms with Gasteiger partial charge in [0.2, 0.25) is 0 Å². The van der Waals surface area contributed by atoms with Crippen molar-refractivity contribution < 1.29 is 0 Å². The standard InChI is InChI=1S/C35H22N4S/c1-22-13-18-30-29(19-22)32-28(11-6-12-31(32)40-30)35-38-33(25-8-3-2-4-9-25)37-34(39-35)26-16-14-24(15-17-26)27-10-5-7-23(20-27)21-36/h2-20H,1H3. The van der Waals surface area contributed by atoms with E-state index in [1.807, 2.05) is 78.9 Å². The molecular formula is C35H22N4S. The Morgan fingerprint density at radius 3 is 2.02 bits per heavy atom. The molecule has 2 aromatic heterocycles. The van der Waals surface area contributed by atoms with Crippen molar-refractivity contribution in [3.05, 3.63) is 126 Å². The second-order valence-corrected chi connectivity index (χ2v) is 10.8. The van der Waals surface area contributed by atoms with E-state index in [1.165, 1.54) is 25.7 Å². The minimum absolute atomic E-state index is 0.619. The third-order valence-corrected chi connectivity index (χ3v) is 8.16. The van der Waals surface area contributed by atoms with Crippen LogP contribution in [0.2, 0.25) is 0 Å². The van der Waals surface area contributed by atoms with Gasteiger partial charge in [0.05, 0.1) is 11.6 Å². The Morgan fingerprint density at radius 2 is 1.25 bits per heavy atom. The van der Waals surface area contributed by atoms with Crippen LogP contribution in [0.25, 0.3) is 65.5 Å². The lowest BCUT2D eigenvalue weighted by molar-refractivity contribution is 1.08. The second kappa shape index (κ2) is 9.85. The van der Waals surface area contributed by atoms with Crippen molar-refractivity contribution in [2.75, 3.05) is 0 Å². The molecule has 0 amide bonds. The molecular weight excluding hydrogens is 508 g/mol. The number of aromatic nitrogens is 3. The molecule has 7 rings (SSSR count). The Hall–Kier alpha value is -5.18. The van der Waals surface area contributed by atoms with Crippen molar-refractivity contribution in [1.29, 1.82) is 5.26 Å².